The molecule has 0 amide bonds. The molecule has 0 saturated carbocycles. The number of benzene rings is 2. The van der Waals surface area contributed by atoms with Gasteiger partial charge in [-0.25, -0.2) is 9.38 Å². The standard InChI is InChI=1S/C18H15ClFN3O2/c1-24-18(23-25-2)16-10-21-17(12-5-3-4-6-14(12)20)13-9-11(19)7-8-15(13)22-16/h3-9H,10H2,1-2H3/b23-18+. The lowest BCUT2D eigenvalue weighted by Crippen LogP contribution is -2.19. The molecule has 1 aliphatic heterocycles. The lowest BCUT2D eigenvalue weighted by atomic mass is 10.0. The van der Waals surface area contributed by atoms with Gasteiger partial charge in [-0.05, 0) is 35.5 Å². The molecule has 25 heavy (non-hydrogen) atoms. The van der Waals surface area contributed by atoms with Gasteiger partial charge in [-0.1, -0.05) is 23.7 Å². The summed E-state index contributed by atoms with van der Waals surface area (Å²) in [7, 11) is 2.88. The van der Waals surface area contributed by atoms with Crippen molar-refractivity contribution in [2.75, 3.05) is 20.8 Å². The summed E-state index contributed by atoms with van der Waals surface area (Å²) in [6, 6.07) is 11.6. The van der Waals surface area contributed by atoms with Gasteiger partial charge in [0.25, 0.3) is 5.90 Å². The zero-order valence-corrected chi connectivity index (χ0v) is 14.4. The van der Waals surface area contributed by atoms with Crippen LogP contribution in [-0.4, -0.2) is 38.1 Å². The summed E-state index contributed by atoms with van der Waals surface area (Å²) in [5.74, 6) is -0.157. The molecule has 3 rings (SSSR count). The fourth-order valence-corrected chi connectivity index (χ4v) is 2.68. The molecule has 7 heteroatoms. The van der Waals surface area contributed by atoms with Crippen LogP contribution in [0.4, 0.5) is 10.1 Å². The molecule has 2 aromatic rings. The second-order valence-corrected chi connectivity index (χ2v) is 5.58. The molecule has 0 fully saturated rings. The fraction of sp³-hybridized carbons (Fsp3) is 0.167. The zero-order chi connectivity index (χ0) is 17.8. The van der Waals surface area contributed by atoms with Crippen LogP contribution in [-0.2, 0) is 9.57 Å². The number of nitrogens with zero attached hydrogens (tertiary/aromatic N) is 3. The Morgan fingerprint density at radius 3 is 2.68 bits per heavy atom. The van der Waals surface area contributed by atoms with Crippen molar-refractivity contribution >= 4 is 34.6 Å². The SMILES string of the molecule is CO/N=C(/OC)C1=Nc2ccc(Cl)cc2C(c2ccccc2F)=NC1. The van der Waals surface area contributed by atoms with Gasteiger partial charge in [-0.2, -0.15) is 0 Å². The second kappa shape index (κ2) is 7.44. The van der Waals surface area contributed by atoms with Crippen molar-refractivity contribution in [2.24, 2.45) is 15.1 Å². The molecule has 0 radical (unpaired) electrons. The van der Waals surface area contributed by atoms with Crippen LogP contribution in [0.5, 0.6) is 0 Å². The first kappa shape index (κ1) is 17.1. The van der Waals surface area contributed by atoms with E-state index in [9.17, 15) is 4.39 Å². The van der Waals surface area contributed by atoms with Gasteiger partial charge in [-0.15, -0.1) is 0 Å². The maximum Gasteiger partial charge on any atom is 0.273 e. The van der Waals surface area contributed by atoms with E-state index >= 15 is 0 Å². The second-order valence-electron chi connectivity index (χ2n) is 5.15. The van der Waals surface area contributed by atoms with Gasteiger partial charge in [0.15, 0.2) is 0 Å². The number of hydrogen-bond donors (Lipinski definition) is 0. The van der Waals surface area contributed by atoms with Crippen LogP contribution < -0.4 is 0 Å². The molecule has 0 atom stereocenters. The van der Waals surface area contributed by atoms with E-state index in [0.717, 1.165) is 0 Å². The molecule has 1 aliphatic rings. The highest BCUT2D eigenvalue weighted by Crippen LogP contribution is 2.29. The molecular formula is C18H15ClFN3O2. The van der Waals surface area contributed by atoms with Crippen molar-refractivity contribution in [3.8, 4) is 0 Å². The minimum Gasteiger partial charge on any atom is -0.478 e. The van der Waals surface area contributed by atoms with Crippen LogP contribution in [0.25, 0.3) is 0 Å². The molecule has 0 aromatic heterocycles. The molecule has 1 heterocycles. The summed E-state index contributed by atoms with van der Waals surface area (Å²) in [6.45, 7) is 0.159. The first-order valence-electron chi connectivity index (χ1n) is 7.46. The number of fused-ring (bicyclic) bond motifs is 1. The van der Waals surface area contributed by atoms with Gasteiger partial charge in [0.05, 0.1) is 25.1 Å². The van der Waals surface area contributed by atoms with E-state index in [-0.39, 0.29) is 18.3 Å². The Labute approximate surface area is 149 Å². The van der Waals surface area contributed by atoms with Crippen molar-refractivity contribution in [3.05, 3.63) is 64.4 Å². The van der Waals surface area contributed by atoms with Crippen molar-refractivity contribution in [1.82, 2.24) is 0 Å². The number of halogens is 2. The van der Waals surface area contributed by atoms with Crippen LogP contribution in [0.1, 0.15) is 11.1 Å². The van der Waals surface area contributed by atoms with Crippen molar-refractivity contribution in [2.45, 2.75) is 0 Å². The smallest absolute Gasteiger partial charge is 0.273 e. The van der Waals surface area contributed by atoms with Crippen LogP contribution in [0.3, 0.4) is 0 Å². The van der Waals surface area contributed by atoms with E-state index < -0.39 is 0 Å². The number of methoxy groups -OCH3 is 1. The fourth-order valence-electron chi connectivity index (χ4n) is 2.50. The van der Waals surface area contributed by atoms with Gasteiger partial charge >= 0.3 is 0 Å². The number of ether oxygens (including phenoxy) is 1. The Bertz CT molecular complexity index is 894. The molecule has 0 saturated heterocycles. The van der Waals surface area contributed by atoms with E-state index in [2.05, 4.69) is 15.1 Å². The van der Waals surface area contributed by atoms with Gasteiger partial charge in [0.1, 0.15) is 18.6 Å². The van der Waals surface area contributed by atoms with Crippen LogP contribution in [0, 0.1) is 5.82 Å². The first-order chi connectivity index (χ1) is 12.1. The van der Waals surface area contributed by atoms with E-state index in [0.29, 0.717) is 33.3 Å². The third kappa shape index (κ3) is 3.53. The average molecular weight is 360 g/mol. The zero-order valence-electron chi connectivity index (χ0n) is 13.7. The number of aliphatic imine (C=N–C) groups is 2. The Morgan fingerprint density at radius 1 is 1.16 bits per heavy atom. The number of rotatable bonds is 3. The Kier molecular flexibility index (Phi) is 5.09. The van der Waals surface area contributed by atoms with Gasteiger partial charge in [0.2, 0.25) is 0 Å². The monoisotopic (exact) mass is 359 g/mol. The van der Waals surface area contributed by atoms with Gasteiger partial charge in [-0.3, -0.25) is 4.99 Å². The molecule has 0 aliphatic carbocycles. The highest BCUT2D eigenvalue weighted by molar-refractivity contribution is 6.41. The molecule has 0 bridgehead atoms. The molecular weight excluding hydrogens is 345 g/mol. The minimum absolute atomic E-state index is 0.159. The summed E-state index contributed by atoms with van der Waals surface area (Å²) in [5, 5.41) is 4.32. The van der Waals surface area contributed by atoms with Gasteiger partial charge < -0.3 is 9.57 Å². The first-order valence-corrected chi connectivity index (χ1v) is 7.84. The quantitative estimate of drug-likeness (QED) is 0.472. The van der Waals surface area contributed by atoms with Crippen LogP contribution in [0.15, 0.2) is 57.6 Å². The number of oxime groups is 1. The maximum absolute atomic E-state index is 14.3. The average Bonchev–Trinajstić information content (AvgIpc) is 2.79. The van der Waals surface area contributed by atoms with E-state index in [1.807, 2.05) is 0 Å². The van der Waals surface area contributed by atoms with Crippen molar-refractivity contribution < 1.29 is 14.0 Å². The largest absolute Gasteiger partial charge is 0.478 e. The van der Waals surface area contributed by atoms with Crippen LogP contribution >= 0.6 is 11.6 Å². The molecule has 5 nitrogen and oxygen atoms in total. The summed E-state index contributed by atoms with van der Waals surface area (Å²) in [6.07, 6.45) is 0. The minimum atomic E-state index is -0.367. The molecule has 2 aromatic carbocycles. The molecule has 0 unspecified atom stereocenters. The Hall–Kier alpha value is -2.73. The summed E-state index contributed by atoms with van der Waals surface area (Å²) < 4.78 is 19.5. The summed E-state index contributed by atoms with van der Waals surface area (Å²) in [4.78, 5) is 13.9. The van der Waals surface area contributed by atoms with E-state index in [4.69, 9.17) is 21.2 Å². The lowest BCUT2D eigenvalue weighted by Gasteiger charge is -2.09. The van der Waals surface area contributed by atoms with E-state index in [1.165, 1.54) is 20.3 Å². The molecule has 128 valence electrons. The Balaban J connectivity index is 2.19. The maximum atomic E-state index is 14.3. The lowest BCUT2D eigenvalue weighted by molar-refractivity contribution is 0.201. The summed E-state index contributed by atoms with van der Waals surface area (Å²) in [5.41, 5.74) is 2.56. The predicted octanol–water partition coefficient (Wildman–Crippen LogP) is 4.01. The normalized spacial score (nSPS) is 14.2. The summed E-state index contributed by atoms with van der Waals surface area (Å²) >= 11 is 6.13. The highest BCUT2D eigenvalue weighted by Gasteiger charge is 2.21. The highest BCUT2D eigenvalue weighted by atomic mass is 35.5. The third-order valence-corrected chi connectivity index (χ3v) is 3.83. The van der Waals surface area contributed by atoms with Crippen LogP contribution in [0.2, 0.25) is 5.02 Å². The van der Waals surface area contributed by atoms with Crippen molar-refractivity contribution in [1.29, 1.82) is 0 Å². The molecule has 0 N–H and O–H groups in total. The van der Waals surface area contributed by atoms with Crippen molar-refractivity contribution in [3.63, 3.8) is 0 Å². The number of hydrogen-bond acceptors (Lipinski definition) is 5. The third-order valence-electron chi connectivity index (χ3n) is 3.60. The Morgan fingerprint density at radius 2 is 1.96 bits per heavy atom. The van der Waals surface area contributed by atoms with Gasteiger partial charge in [0, 0.05) is 16.1 Å². The molecule has 0 spiro atoms. The van der Waals surface area contributed by atoms with E-state index in [1.54, 1.807) is 36.4 Å². The topological polar surface area (TPSA) is 55.5 Å². The predicted molar refractivity (Wildman–Crippen MR) is 96.9 cm³/mol.